The zero-order chi connectivity index (χ0) is 13.1. The summed E-state index contributed by atoms with van der Waals surface area (Å²) in [6.07, 6.45) is 0.446. The van der Waals surface area contributed by atoms with Crippen LogP contribution < -0.4 is 5.73 Å². The molecule has 0 bridgehead atoms. The van der Waals surface area contributed by atoms with Gasteiger partial charge in [0.05, 0.1) is 4.47 Å². The third-order valence-corrected chi connectivity index (χ3v) is 3.64. The van der Waals surface area contributed by atoms with Gasteiger partial charge < -0.3 is 5.73 Å². The molecule has 18 heavy (non-hydrogen) atoms. The van der Waals surface area contributed by atoms with Crippen molar-refractivity contribution in [3.8, 4) is 0 Å². The van der Waals surface area contributed by atoms with Crippen LogP contribution in [-0.2, 0) is 6.42 Å². The highest BCUT2D eigenvalue weighted by Gasteiger charge is 2.12. The molecule has 94 valence electrons. The van der Waals surface area contributed by atoms with Gasteiger partial charge in [0.2, 0.25) is 0 Å². The number of halogens is 3. The molecular weight excluding hydrogens is 300 g/mol. The lowest BCUT2D eigenvalue weighted by molar-refractivity contribution is 0.609. The first-order valence-corrected chi connectivity index (χ1v) is 6.31. The highest BCUT2D eigenvalue weighted by molar-refractivity contribution is 9.10. The maximum Gasteiger partial charge on any atom is 0.137 e. The first-order chi connectivity index (χ1) is 8.58. The maximum absolute atomic E-state index is 13.3. The van der Waals surface area contributed by atoms with Gasteiger partial charge in [0.15, 0.2) is 0 Å². The lowest BCUT2D eigenvalue weighted by atomic mass is 9.99. The topological polar surface area (TPSA) is 26.0 Å². The quantitative estimate of drug-likeness (QED) is 0.912. The van der Waals surface area contributed by atoms with Crippen LogP contribution in [0.2, 0.25) is 0 Å². The zero-order valence-corrected chi connectivity index (χ0v) is 11.1. The number of rotatable bonds is 3. The number of nitrogens with two attached hydrogens (primary N) is 1. The molecule has 1 atom stereocenters. The average Bonchev–Trinajstić information content (AvgIpc) is 2.35. The van der Waals surface area contributed by atoms with Crippen molar-refractivity contribution in [3.05, 3.63) is 69.7 Å². The number of hydrogen-bond acceptors (Lipinski definition) is 1. The van der Waals surface area contributed by atoms with E-state index in [1.54, 1.807) is 24.3 Å². The van der Waals surface area contributed by atoms with Crippen LogP contribution in [0.1, 0.15) is 17.2 Å². The molecule has 0 heterocycles. The summed E-state index contributed by atoms with van der Waals surface area (Å²) < 4.78 is 26.8. The van der Waals surface area contributed by atoms with Gasteiger partial charge >= 0.3 is 0 Å². The first-order valence-electron chi connectivity index (χ1n) is 5.52. The molecule has 0 fully saturated rings. The monoisotopic (exact) mass is 311 g/mol. The molecule has 2 N–H and O–H groups in total. The van der Waals surface area contributed by atoms with E-state index in [-0.39, 0.29) is 17.7 Å². The third-order valence-electron chi connectivity index (χ3n) is 2.75. The van der Waals surface area contributed by atoms with E-state index in [4.69, 9.17) is 5.73 Å². The van der Waals surface area contributed by atoms with Crippen molar-refractivity contribution in [1.82, 2.24) is 0 Å². The van der Waals surface area contributed by atoms with Gasteiger partial charge in [-0.3, -0.25) is 0 Å². The third kappa shape index (κ3) is 2.94. The Kier molecular flexibility index (Phi) is 4.09. The van der Waals surface area contributed by atoms with Gasteiger partial charge in [-0.1, -0.05) is 24.3 Å². The molecule has 0 aliphatic carbocycles. The molecule has 2 rings (SSSR count). The molecule has 1 nitrogen and oxygen atoms in total. The molecule has 0 aromatic heterocycles. The first kappa shape index (κ1) is 13.2. The van der Waals surface area contributed by atoms with Crippen LogP contribution in [-0.4, -0.2) is 0 Å². The second-order valence-corrected chi connectivity index (χ2v) is 4.87. The maximum atomic E-state index is 13.3. The van der Waals surface area contributed by atoms with Gasteiger partial charge in [-0.2, -0.15) is 0 Å². The fourth-order valence-electron chi connectivity index (χ4n) is 1.80. The molecule has 0 amide bonds. The normalized spacial score (nSPS) is 12.4. The van der Waals surface area contributed by atoms with Crippen LogP contribution in [0, 0.1) is 11.6 Å². The van der Waals surface area contributed by atoms with Crippen LogP contribution in [0.25, 0.3) is 0 Å². The standard InChI is InChI=1S/C14H12BrF2N/c15-14-10(4-2-6-12(14)17)8-13(18)9-3-1-5-11(16)7-9/h1-7,13H,8,18H2. The summed E-state index contributed by atoms with van der Waals surface area (Å²) in [6.45, 7) is 0. The molecule has 0 spiro atoms. The molecule has 4 heteroatoms. The van der Waals surface area contributed by atoms with E-state index in [2.05, 4.69) is 15.9 Å². The Balaban J connectivity index is 2.21. The van der Waals surface area contributed by atoms with Gasteiger partial charge in [0.25, 0.3) is 0 Å². The van der Waals surface area contributed by atoms with Crippen LogP contribution in [0.5, 0.6) is 0 Å². The highest BCUT2D eigenvalue weighted by Crippen LogP contribution is 2.25. The van der Waals surface area contributed by atoms with E-state index in [9.17, 15) is 8.78 Å². The summed E-state index contributed by atoms with van der Waals surface area (Å²) in [5.41, 5.74) is 7.48. The van der Waals surface area contributed by atoms with Crippen molar-refractivity contribution in [2.45, 2.75) is 12.5 Å². The van der Waals surface area contributed by atoms with E-state index in [0.717, 1.165) is 5.56 Å². The van der Waals surface area contributed by atoms with E-state index in [1.165, 1.54) is 18.2 Å². The predicted molar refractivity (Wildman–Crippen MR) is 71.1 cm³/mol. The molecule has 2 aromatic carbocycles. The van der Waals surface area contributed by atoms with E-state index in [1.807, 2.05) is 0 Å². The molecular formula is C14H12BrF2N. The summed E-state index contributed by atoms with van der Waals surface area (Å²) in [6, 6.07) is 10.6. The Morgan fingerprint density at radius 1 is 1.11 bits per heavy atom. The van der Waals surface area contributed by atoms with Crippen molar-refractivity contribution in [1.29, 1.82) is 0 Å². The fraction of sp³-hybridized carbons (Fsp3) is 0.143. The smallest absolute Gasteiger partial charge is 0.137 e. The summed E-state index contributed by atoms with van der Waals surface area (Å²) >= 11 is 3.19. The minimum Gasteiger partial charge on any atom is -0.324 e. The van der Waals surface area contributed by atoms with Crippen molar-refractivity contribution in [3.63, 3.8) is 0 Å². The Bertz CT molecular complexity index is 557. The van der Waals surface area contributed by atoms with Gasteiger partial charge in [-0.15, -0.1) is 0 Å². The van der Waals surface area contributed by atoms with Crippen molar-refractivity contribution < 1.29 is 8.78 Å². The van der Waals surface area contributed by atoms with Crippen LogP contribution in [0.15, 0.2) is 46.9 Å². The summed E-state index contributed by atoms with van der Waals surface area (Å²) in [5.74, 6) is -0.639. The number of benzene rings is 2. The fourth-order valence-corrected chi connectivity index (χ4v) is 2.22. The van der Waals surface area contributed by atoms with Crippen molar-refractivity contribution in [2.75, 3.05) is 0 Å². The minimum absolute atomic E-state index is 0.318. The van der Waals surface area contributed by atoms with E-state index in [0.29, 0.717) is 16.5 Å². The van der Waals surface area contributed by atoms with Crippen LogP contribution in [0.3, 0.4) is 0 Å². The lowest BCUT2D eigenvalue weighted by Crippen LogP contribution is -2.14. The van der Waals surface area contributed by atoms with Crippen LogP contribution >= 0.6 is 15.9 Å². The second kappa shape index (κ2) is 5.59. The molecule has 1 unspecified atom stereocenters. The molecule has 0 aliphatic rings. The van der Waals surface area contributed by atoms with Crippen molar-refractivity contribution in [2.24, 2.45) is 5.73 Å². The van der Waals surface area contributed by atoms with Gasteiger partial charge in [0, 0.05) is 6.04 Å². The van der Waals surface area contributed by atoms with E-state index >= 15 is 0 Å². The Hall–Kier alpha value is -1.26. The van der Waals surface area contributed by atoms with Gasteiger partial charge in [-0.25, -0.2) is 8.78 Å². The Morgan fingerprint density at radius 2 is 1.83 bits per heavy atom. The van der Waals surface area contributed by atoms with Gasteiger partial charge in [0.1, 0.15) is 11.6 Å². The SMILES string of the molecule is NC(Cc1cccc(F)c1Br)c1cccc(F)c1. The molecule has 0 saturated carbocycles. The van der Waals surface area contributed by atoms with Gasteiger partial charge in [-0.05, 0) is 51.7 Å². The largest absolute Gasteiger partial charge is 0.324 e. The zero-order valence-electron chi connectivity index (χ0n) is 9.54. The molecule has 0 radical (unpaired) electrons. The van der Waals surface area contributed by atoms with E-state index < -0.39 is 0 Å². The second-order valence-electron chi connectivity index (χ2n) is 4.08. The highest BCUT2D eigenvalue weighted by atomic mass is 79.9. The Labute approximate surface area is 113 Å². The Morgan fingerprint density at radius 3 is 2.56 bits per heavy atom. The lowest BCUT2D eigenvalue weighted by Gasteiger charge is -2.13. The molecule has 0 saturated heterocycles. The summed E-state index contributed by atoms with van der Waals surface area (Å²) in [7, 11) is 0. The van der Waals surface area contributed by atoms with Crippen LogP contribution in [0.4, 0.5) is 8.78 Å². The predicted octanol–water partition coefficient (Wildman–Crippen LogP) is 3.97. The van der Waals surface area contributed by atoms with Crippen molar-refractivity contribution >= 4 is 15.9 Å². The minimum atomic E-state index is -0.362. The molecule has 2 aromatic rings. The number of hydrogen-bond donors (Lipinski definition) is 1. The average molecular weight is 312 g/mol. The summed E-state index contributed by atoms with van der Waals surface area (Å²) in [4.78, 5) is 0. The summed E-state index contributed by atoms with van der Waals surface area (Å²) in [5, 5.41) is 0. The molecule has 0 aliphatic heterocycles.